The Labute approximate surface area is 181 Å². The summed E-state index contributed by atoms with van der Waals surface area (Å²) in [5, 5.41) is -5.87. The van der Waals surface area contributed by atoms with E-state index in [1.165, 1.54) is 0 Å². The first-order valence-corrected chi connectivity index (χ1v) is 10.8. The van der Waals surface area contributed by atoms with E-state index in [1.807, 2.05) is 0 Å². The first-order chi connectivity index (χ1) is 14.7. The van der Waals surface area contributed by atoms with Gasteiger partial charge in [-0.2, -0.15) is 30.4 Å². The van der Waals surface area contributed by atoms with Gasteiger partial charge in [0.25, 0.3) is 6.10 Å². The van der Waals surface area contributed by atoms with Crippen LogP contribution in [0.5, 0.6) is 5.75 Å². The van der Waals surface area contributed by atoms with E-state index in [0.29, 0.717) is 12.8 Å². The van der Waals surface area contributed by atoms with E-state index in [9.17, 15) is 40.0 Å². The predicted molar refractivity (Wildman–Crippen MR) is 99.9 cm³/mol. The van der Waals surface area contributed by atoms with Crippen molar-refractivity contribution in [3.05, 3.63) is 29.3 Å². The fourth-order valence-electron chi connectivity index (χ4n) is 3.11. The summed E-state index contributed by atoms with van der Waals surface area (Å²) in [5.41, 5.74) is -0.546. The topological polar surface area (TPSA) is 107 Å². The SMILES string of the molecule is [B]Cc1ccc(C(=O)OC(C(F)(F)F)C(F)(F)S(=O)(=O)O)cc1OC(=O)C1CCCCC1. The average molecular weight is 484 g/mol. The molecule has 1 aromatic carbocycles. The van der Waals surface area contributed by atoms with E-state index in [1.54, 1.807) is 0 Å². The van der Waals surface area contributed by atoms with Gasteiger partial charge in [-0.25, -0.2) is 4.79 Å². The highest BCUT2D eigenvalue weighted by molar-refractivity contribution is 7.86. The van der Waals surface area contributed by atoms with Crippen LogP contribution in [0.25, 0.3) is 0 Å². The number of rotatable bonds is 7. The Hall–Kier alpha value is -2.22. The molecule has 1 N–H and O–H groups in total. The van der Waals surface area contributed by atoms with Crippen molar-refractivity contribution in [2.75, 3.05) is 0 Å². The smallest absolute Gasteiger partial charge is 0.432 e. The molecule has 2 radical (unpaired) electrons. The lowest BCUT2D eigenvalue weighted by atomic mass is 9.89. The predicted octanol–water partition coefficient (Wildman–Crippen LogP) is 3.41. The molecule has 14 heteroatoms. The Morgan fingerprint density at radius 1 is 1.12 bits per heavy atom. The van der Waals surface area contributed by atoms with Crippen LogP contribution in [0.1, 0.15) is 48.0 Å². The molecule has 0 bridgehead atoms. The number of ether oxygens (including phenoxy) is 2. The lowest BCUT2D eigenvalue weighted by Gasteiger charge is -2.26. The number of carbonyl (C=O) groups excluding carboxylic acids is 2. The van der Waals surface area contributed by atoms with Gasteiger partial charge in [0.15, 0.2) is 0 Å². The van der Waals surface area contributed by atoms with Crippen molar-refractivity contribution in [3.63, 3.8) is 0 Å². The summed E-state index contributed by atoms with van der Waals surface area (Å²) in [7, 11) is -1.05. The molecule has 1 fully saturated rings. The van der Waals surface area contributed by atoms with Crippen molar-refractivity contribution < 1.29 is 54.0 Å². The maximum absolute atomic E-state index is 13.6. The van der Waals surface area contributed by atoms with Crippen LogP contribution in [0.4, 0.5) is 22.0 Å². The van der Waals surface area contributed by atoms with Gasteiger partial charge in [0.1, 0.15) is 5.75 Å². The Kier molecular flexibility index (Phi) is 7.92. The lowest BCUT2D eigenvalue weighted by Crippen LogP contribution is -2.52. The summed E-state index contributed by atoms with van der Waals surface area (Å²) >= 11 is 0. The minimum Gasteiger partial charge on any atom is -0.441 e. The maximum atomic E-state index is 13.6. The number of hydrogen-bond acceptors (Lipinski definition) is 6. The largest absolute Gasteiger partial charge is 0.441 e. The lowest BCUT2D eigenvalue weighted by molar-refractivity contribution is -0.248. The Bertz CT molecular complexity index is 959. The van der Waals surface area contributed by atoms with Crippen LogP contribution in [-0.2, 0) is 26.0 Å². The number of hydrogen-bond donors (Lipinski definition) is 1. The quantitative estimate of drug-likeness (QED) is 0.208. The third kappa shape index (κ3) is 5.97. The number of carbonyl (C=O) groups is 2. The zero-order valence-electron chi connectivity index (χ0n) is 16.4. The van der Waals surface area contributed by atoms with Gasteiger partial charge in [-0.1, -0.05) is 31.6 Å². The van der Waals surface area contributed by atoms with Crippen molar-refractivity contribution >= 4 is 29.9 Å². The number of alkyl halides is 5. The third-order valence-corrected chi connectivity index (χ3v) is 5.75. The van der Waals surface area contributed by atoms with E-state index in [4.69, 9.17) is 17.1 Å². The van der Waals surface area contributed by atoms with Crippen LogP contribution in [0, 0.1) is 5.92 Å². The number of esters is 2. The molecule has 1 aromatic rings. The molecule has 0 aromatic heterocycles. The molecular weight excluding hydrogens is 466 g/mol. The summed E-state index contributed by atoms with van der Waals surface area (Å²) in [4.78, 5) is 24.5. The third-order valence-electron chi connectivity index (χ3n) is 4.84. The fourth-order valence-corrected chi connectivity index (χ4v) is 3.56. The second kappa shape index (κ2) is 9.73. The number of benzene rings is 1. The fraction of sp³-hybridized carbons (Fsp3) is 0.556. The van der Waals surface area contributed by atoms with Gasteiger partial charge < -0.3 is 9.47 Å². The molecule has 0 spiro atoms. The molecule has 1 unspecified atom stereocenters. The molecule has 0 saturated heterocycles. The molecule has 1 aliphatic rings. The molecule has 7 nitrogen and oxygen atoms in total. The molecule has 1 saturated carbocycles. The summed E-state index contributed by atoms with van der Waals surface area (Å²) in [6, 6.07) is 2.77. The van der Waals surface area contributed by atoms with Crippen molar-refractivity contribution in [1.82, 2.24) is 0 Å². The standard InChI is InChI=1S/C18H18BF5O7S/c19-9-12-7-6-11(8-13(12)30-14(25)10-4-2-1-3-5-10)15(26)31-16(17(20,21)22)18(23,24)32(27,28)29/h6-8,10,16H,1-5,9H2,(H,27,28,29). The monoisotopic (exact) mass is 484 g/mol. The van der Waals surface area contributed by atoms with Crippen molar-refractivity contribution in [2.45, 2.75) is 56.0 Å². The Morgan fingerprint density at radius 3 is 2.22 bits per heavy atom. The normalized spacial score (nSPS) is 16.9. The minimum absolute atomic E-state index is 0.186. The number of halogens is 5. The van der Waals surface area contributed by atoms with E-state index in [2.05, 4.69) is 4.74 Å². The second-order valence-electron chi connectivity index (χ2n) is 7.15. The van der Waals surface area contributed by atoms with Crippen LogP contribution in [0.15, 0.2) is 18.2 Å². The first kappa shape index (κ1) is 26.0. The summed E-state index contributed by atoms with van der Waals surface area (Å²) in [6.45, 7) is 0. The average Bonchev–Trinajstić information content (AvgIpc) is 2.70. The van der Waals surface area contributed by atoms with Crippen LogP contribution < -0.4 is 4.74 Å². The van der Waals surface area contributed by atoms with Crippen molar-refractivity contribution in [1.29, 1.82) is 0 Å². The van der Waals surface area contributed by atoms with E-state index < -0.39 is 51.1 Å². The zero-order chi connectivity index (χ0) is 24.3. The molecule has 1 aliphatic carbocycles. The van der Waals surface area contributed by atoms with Crippen molar-refractivity contribution in [2.24, 2.45) is 5.92 Å². The minimum atomic E-state index is -6.58. The van der Waals surface area contributed by atoms with Crippen LogP contribution in [-0.4, -0.2) is 50.3 Å². The highest BCUT2D eigenvalue weighted by atomic mass is 32.2. The molecule has 32 heavy (non-hydrogen) atoms. The van der Waals surface area contributed by atoms with E-state index in [-0.39, 0.29) is 17.6 Å². The summed E-state index contributed by atoms with van der Waals surface area (Å²) in [6.07, 6.45) is -7.02. The Morgan fingerprint density at radius 2 is 1.72 bits per heavy atom. The van der Waals surface area contributed by atoms with Crippen molar-refractivity contribution in [3.8, 4) is 5.75 Å². The highest BCUT2D eigenvalue weighted by Crippen LogP contribution is 2.38. The van der Waals surface area contributed by atoms with E-state index >= 15 is 0 Å². The highest BCUT2D eigenvalue weighted by Gasteiger charge is 2.66. The van der Waals surface area contributed by atoms with Gasteiger partial charge >= 0.3 is 33.5 Å². The summed E-state index contributed by atoms with van der Waals surface area (Å²) in [5.74, 6) is -3.33. The molecule has 0 amide bonds. The van der Waals surface area contributed by atoms with Gasteiger partial charge in [-0.3, -0.25) is 9.35 Å². The van der Waals surface area contributed by atoms with Crippen LogP contribution in [0.2, 0.25) is 0 Å². The molecule has 2 rings (SSSR count). The van der Waals surface area contributed by atoms with Gasteiger partial charge in [-0.15, -0.1) is 0 Å². The second-order valence-corrected chi connectivity index (χ2v) is 8.64. The molecule has 0 heterocycles. The Balaban J connectivity index is 2.31. The van der Waals surface area contributed by atoms with Gasteiger partial charge in [0.05, 0.1) is 19.3 Å². The van der Waals surface area contributed by atoms with Gasteiger partial charge in [0, 0.05) is 0 Å². The summed E-state index contributed by atoms with van der Waals surface area (Å²) < 4.78 is 105. The van der Waals surface area contributed by atoms with Gasteiger partial charge in [-0.05, 0) is 30.5 Å². The van der Waals surface area contributed by atoms with Gasteiger partial charge in [0.2, 0.25) is 0 Å². The molecule has 0 aliphatic heterocycles. The molecular formula is C18H18BF5O7S. The van der Waals surface area contributed by atoms with E-state index in [0.717, 1.165) is 37.5 Å². The maximum Gasteiger partial charge on any atom is 0.432 e. The van der Waals surface area contributed by atoms with Crippen LogP contribution >= 0.6 is 0 Å². The van der Waals surface area contributed by atoms with Crippen LogP contribution in [0.3, 0.4) is 0 Å². The molecule has 1 atom stereocenters. The first-order valence-electron chi connectivity index (χ1n) is 9.35. The molecule has 176 valence electrons. The zero-order valence-corrected chi connectivity index (χ0v) is 17.2.